The summed E-state index contributed by atoms with van der Waals surface area (Å²) in [5.41, 5.74) is 2.09. The molecule has 2 aromatic carbocycles. The summed E-state index contributed by atoms with van der Waals surface area (Å²) in [6.07, 6.45) is 6.42. The molecule has 0 amide bonds. The lowest BCUT2D eigenvalue weighted by molar-refractivity contribution is 0.302. The molecule has 1 N–H and O–H groups in total. The molecule has 0 unspecified atom stereocenters. The van der Waals surface area contributed by atoms with E-state index in [1.54, 1.807) is 12.1 Å². The summed E-state index contributed by atoms with van der Waals surface area (Å²) in [4.78, 5) is 0. The Labute approximate surface area is 171 Å². The van der Waals surface area contributed by atoms with E-state index in [1.165, 1.54) is 44.2 Å². The molecule has 0 saturated heterocycles. The monoisotopic (exact) mass is 443 g/mol. The van der Waals surface area contributed by atoms with Crippen molar-refractivity contribution in [2.24, 2.45) is 0 Å². The van der Waals surface area contributed by atoms with Gasteiger partial charge in [0, 0.05) is 16.6 Å². The van der Waals surface area contributed by atoms with Gasteiger partial charge in [0.2, 0.25) is 0 Å². The molecule has 2 rings (SSSR count). The summed E-state index contributed by atoms with van der Waals surface area (Å²) in [5.74, 6) is 0.641. The molecule has 0 aliphatic carbocycles. The quantitative estimate of drug-likeness (QED) is 0.392. The van der Waals surface area contributed by atoms with Crippen LogP contribution in [0, 0.1) is 5.82 Å². The van der Waals surface area contributed by atoms with Gasteiger partial charge in [0.1, 0.15) is 18.2 Å². The van der Waals surface area contributed by atoms with Gasteiger partial charge in [0.25, 0.3) is 0 Å². The summed E-state index contributed by atoms with van der Waals surface area (Å²) in [7, 11) is 0. The Kier molecular flexibility index (Phi) is 11.6. The van der Waals surface area contributed by atoms with Crippen molar-refractivity contribution in [3.63, 3.8) is 0 Å². The first-order valence-corrected chi connectivity index (χ1v) is 9.84. The number of halogens is 3. The van der Waals surface area contributed by atoms with Gasteiger partial charge in [-0.3, -0.25) is 0 Å². The van der Waals surface area contributed by atoms with E-state index in [4.69, 9.17) is 4.74 Å². The van der Waals surface area contributed by atoms with Gasteiger partial charge < -0.3 is 10.1 Å². The Hall–Kier alpha value is -1.10. The van der Waals surface area contributed by atoms with Crippen LogP contribution >= 0.6 is 28.3 Å². The standard InChI is InChI=1S/C21H27BrFNO.ClH/c1-2-3-4-5-6-13-24-15-18-14-19(22)9-12-21(18)25-16-17-7-10-20(23)11-8-17;/h7-12,14,24H,2-6,13,15-16H2,1H3;1H. The first-order valence-electron chi connectivity index (χ1n) is 9.05. The van der Waals surface area contributed by atoms with Crippen molar-refractivity contribution < 1.29 is 9.13 Å². The molecule has 0 saturated carbocycles. The molecule has 0 heterocycles. The number of nitrogens with one attached hydrogen (secondary N) is 1. The van der Waals surface area contributed by atoms with E-state index in [9.17, 15) is 4.39 Å². The molecule has 0 atom stereocenters. The third-order valence-electron chi connectivity index (χ3n) is 4.10. The highest BCUT2D eigenvalue weighted by molar-refractivity contribution is 9.10. The highest BCUT2D eigenvalue weighted by atomic mass is 79.9. The number of benzene rings is 2. The second-order valence-corrected chi connectivity index (χ2v) is 7.17. The largest absolute Gasteiger partial charge is 0.489 e. The highest BCUT2D eigenvalue weighted by Crippen LogP contribution is 2.24. The molecule has 0 spiro atoms. The maximum absolute atomic E-state index is 13.0. The van der Waals surface area contributed by atoms with Crippen LogP contribution in [-0.4, -0.2) is 6.54 Å². The van der Waals surface area contributed by atoms with Crippen LogP contribution in [0.3, 0.4) is 0 Å². The summed E-state index contributed by atoms with van der Waals surface area (Å²) in [5, 5.41) is 3.50. The van der Waals surface area contributed by atoms with Gasteiger partial charge in [0.15, 0.2) is 0 Å². The fourth-order valence-electron chi connectivity index (χ4n) is 2.65. The van der Waals surface area contributed by atoms with E-state index in [0.717, 1.165) is 34.4 Å². The van der Waals surface area contributed by atoms with Crippen LogP contribution in [0.5, 0.6) is 5.75 Å². The van der Waals surface area contributed by atoms with Crippen LogP contribution in [0.2, 0.25) is 0 Å². The molecule has 0 bridgehead atoms. The van der Waals surface area contributed by atoms with E-state index < -0.39 is 0 Å². The maximum Gasteiger partial charge on any atom is 0.124 e. The number of hydrogen-bond donors (Lipinski definition) is 1. The van der Waals surface area contributed by atoms with Crippen molar-refractivity contribution in [1.29, 1.82) is 0 Å². The van der Waals surface area contributed by atoms with E-state index >= 15 is 0 Å². The zero-order valence-corrected chi connectivity index (χ0v) is 17.7. The molecular formula is C21H28BrClFNO. The van der Waals surface area contributed by atoms with Crippen molar-refractivity contribution in [3.05, 3.63) is 63.9 Å². The molecule has 0 fully saturated rings. The third-order valence-corrected chi connectivity index (χ3v) is 4.60. The molecule has 2 nitrogen and oxygen atoms in total. The van der Waals surface area contributed by atoms with Crippen LogP contribution in [0.25, 0.3) is 0 Å². The normalized spacial score (nSPS) is 10.4. The minimum Gasteiger partial charge on any atom is -0.489 e. The van der Waals surface area contributed by atoms with Gasteiger partial charge in [-0.25, -0.2) is 4.39 Å². The predicted octanol–water partition coefficient (Wildman–Crippen LogP) is 6.65. The van der Waals surface area contributed by atoms with Gasteiger partial charge in [0.05, 0.1) is 0 Å². The second kappa shape index (κ2) is 13.1. The summed E-state index contributed by atoms with van der Waals surface area (Å²) in [6.45, 7) is 4.48. The first-order chi connectivity index (χ1) is 12.2. The first kappa shape index (κ1) is 22.9. The molecule has 0 aliphatic rings. The molecule has 144 valence electrons. The number of hydrogen-bond acceptors (Lipinski definition) is 2. The van der Waals surface area contributed by atoms with E-state index in [-0.39, 0.29) is 18.2 Å². The SMILES string of the molecule is CCCCCCCNCc1cc(Br)ccc1OCc1ccc(F)cc1.Cl. The molecular weight excluding hydrogens is 417 g/mol. The Morgan fingerprint density at radius 2 is 1.73 bits per heavy atom. The third kappa shape index (κ3) is 8.52. The van der Waals surface area contributed by atoms with Gasteiger partial charge in [-0.15, -0.1) is 12.4 Å². The van der Waals surface area contributed by atoms with Crippen molar-refractivity contribution in [3.8, 4) is 5.75 Å². The molecule has 5 heteroatoms. The van der Waals surface area contributed by atoms with Crippen molar-refractivity contribution in [2.75, 3.05) is 6.54 Å². The average Bonchev–Trinajstić information content (AvgIpc) is 2.61. The lowest BCUT2D eigenvalue weighted by Crippen LogP contribution is -2.15. The fourth-order valence-corrected chi connectivity index (χ4v) is 3.05. The zero-order valence-electron chi connectivity index (χ0n) is 15.3. The minimum absolute atomic E-state index is 0. The predicted molar refractivity (Wildman–Crippen MR) is 113 cm³/mol. The van der Waals surface area contributed by atoms with Gasteiger partial charge in [-0.05, 0) is 48.9 Å². The Morgan fingerprint density at radius 3 is 2.46 bits per heavy atom. The fraction of sp³-hybridized carbons (Fsp3) is 0.429. The maximum atomic E-state index is 13.0. The summed E-state index contributed by atoms with van der Waals surface area (Å²) >= 11 is 3.53. The van der Waals surface area contributed by atoms with Crippen molar-refractivity contribution >= 4 is 28.3 Å². The van der Waals surface area contributed by atoms with Crippen LogP contribution in [0.4, 0.5) is 4.39 Å². The van der Waals surface area contributed by atoms with Gasteiger partial charge >= 0.3 is 0 Å². The Bertz CT molecular complexity index is 636. The molecule has 0 aromatic heterocycles. The minimum atomic E-state index is -0.226. The molecule has 0 radical (unpaired) electrons. The smallest absolute Gasteiger partial charge is 0.124 e. The molecule has 2 aromatic rings. The molecule has 26 heavy (non-hydrogen) atoms. The van der Waals surface area contributed by atoms with E-state index in [1.807, 2.05) is 12.1 Å². The summed E-state index contributed by atoms with van der Waals surface area (Å²) in [6, 6.07) is 12.5. The van der Waals surface area contributed by atoms with Crippen molar-refractivity contribution in [2.45, 2.75) is 52.2 Å². The van der Waals surface area contributed by atoms with Crippen LogP contribution in [0.1, 0.15) is 50.2 Å². The van der Waals surface area contributed by atoms with Gasteiger partial charge in [-0.1, -0.05) is 60.7 Å². The average molecular weight is 445 g/mol. The zero-order chi connectivity index (χ0) is 17.9. The number of unbranched alkanes of at least 4 members (excludes halogenated alkanes) is 4. The molecule has 0 aliphatic heterocycles. The topological polar surface area (TPSA) is 21.3 Å². The lowest BCUT2D eigenvalue weighted by Gasteiger charge is -2.13. The number of rotatable bonds is 11. The lowest BCUT2D eigenvalue weighted by atomic mass is 10.1. The van der Waals surface area contributed by atoms with Crippen molar-refractivity contribution in [1.82, 2.24) is 5.32 Å². The van der Waals surface area contributed by atoms with E-state index in [0.29, 0.717) is 6.61 Å². The number of ether oxygens (including phenoxy) is 1. The second-order valence-electron chi connectivity index (χ2n) is 6.26. The van der Waals surface area contributed by atoms with Crippen LogP contribution in [0.15, 0.2) is 46.9 Å². The van der Waals surface area contributed by atoms with Gasteiger partial charge in [-0.2, -0.15) is 0 Å². The highest BCUT2D eigenvalue weighted by Gasteiger charge is 2.05. The Balaban J connectivity index is 0.00000338. The summed E-state index contributed by atoms with van der Waals surface area (Å²) < 4.78 is 20.0. The Morgan fingerprint density at radius 1 is 1.00 bits per heavy atom. The van der Waals surface area contributed by atoms with E-state index in [2.05, 4.69) is 34.2 Å². The van der Waals surface area contributed by atoms with Crippen LogP contribution < -0.4 is 10.1 Å². The van der Waals surface area contributed by atoms with Crippen LogP contribution in [-0.2, 0) is 13.2 Å².